The maximum absolute atomic E-state index is 11.1. The fourth-order valence-electron chi connectivity index (χ4n) is 0.990. The number of rotatable bonds is 2. The van der Waals surface area contributed by atoms with Gasteiger partial charge < -0.3 is 10.3 Å². The zero-order valence-corrected chi connectivity index (χ0v) is 10.3. The number of nitrogens with two attached hydrogens (primary N) is 1. The minimum Gasteiger partial charge on any atom is -0.398 e. The van der Waals surface area contributed by atoms with E-state index in [0.717, 1.165) is 0 Å². The van der Waals surface area contributed by atoms with Crippen molar-refractivity contribution in [2.24, 2.45) is 0 Å². The highest BCUT2D eigenvalue weighted by Gasteiger charge is 2.12. The third kappa shape index (κ3) is 2.31. The minimum atomic E-state index is -2.16. The van der Waals surface area contributed by atoms with Crippen molar-refractivity contribution in [2.45, 2.75) is 11.8 Å². The van der Waals surface area contributed by atoms with Crippen molar-refractivity contribution >= 4 is 45.1 Å². The zero-order chi connectivity index (χ0) is 10.9. The molecule has 0 aliphatic rings. The van der Waals surface area contributed by atoms with E-state index in [9.17, 15) is 9.00 Å². The Labute approximate surface area is 97.3 Å². The van der Waals surface area contributed by atoms with Crippen LogP contribution in [0.25, 0.3) is 0 Å². The molecular formula is C8H8INO3S. The van der Waals surface area contributed by atoms with Crippen LogP contribution in [-0.4, -0.2) is 14.5 Å². The van der Waals surface area contributed by atoms with E-state index in [-0.39, 0.29) is 16.4 Å². The van der Waals surface area contributed by atoms with Gasteiger partial charge >= 0.3 is 0 Å². The van der Waals surface area contributed by atoms with E-state index in [1.54, 1.807) is 0 Å². The van der Waals surface area contributed by atoms with Gasteiger partial charge in [0.1, 0.15) is 0 Å². The van der Waals surface area contributed by atoms with E-state index in [4.69, 9.17) is 10.3 Å². The third-order valence-electron chi connectivity index (χ3n) is 1.67. The molecular weight excluding hydrogens is 317 g/mol. The lowest BCUT2D eigenvalue weighted by molar-refractivity contribution is 0.101. The Morgan fingerprint density at radius 2 is 2.14 bits per heavy atom. The Hall–Kier alpha value is -0.470. The normalized spacial score (nSPS) is 12.5. The number of anilines is 1. The van der Waals surface area contributed by atoms with Gasteiger partial charge in [-0.15, -0.1) is 0 Å². The molecule has 1 rings (SSSR count). The zero-order valence-electron chi connectivity index (χ0n) is 7.28. The summed E-state index contributed by atoms with van der Waals surface area (Å²) in [5, 5.41) is 0. The van der Waals surface area contributed by atoms with Crippen LogP contribution in [0.4, 0.5) is 5.69 Å². The van der Waals surface area contributed by atoms with Crippen LogP contribution in [0.2, 0.25) is 0 Å². The number of benzene rings is 1. The number of carbonyl (C=O) groups is 1. The van der Waals surface area contributed by atoms with Crippen LogP contribution in [-0.2, 0) is 11.1 Å². The van der Waals surface area contributed by atoms with Gasteiger partial charge in [-0.25, -0.2) is 4.21 Å². The summed E-state index contributed by atoms with van der Waals surface area (Å²) in [4.78, 5) is 11.2. The van der Waals surface area contributed by atoms with Gasteiger partial charge in [-0.1, -0.05) is 0 Å². The van der Waals surface area contributed by atoms with E-state index >= 15 is 0 Å². The molecule has 0 spiro atoms. The first kappa shape index (κ1) is 11.6. The minimum absolute atomic E-state index is 0.0793. The highest BCUT2D eigenvalue weighted by Crippen LogP contribution is 2.23. The number of halogens is 1. The summed E-state index contributed by atoms with van der Waals surface area (Å²) in [6.07, 6.45) is 0. The molecule has 3 N–H and O–H groups in total. The van der Waals surface area contributed by atoms with Gasteiger partial charge in [-0.05, 0) is 41.6 Å². The SMILES string of the molecule is CC(=O)c1cc(S(=O)O)c(N)cc1I. The Kier molecular flexibility index (Phi) is 3.62. The summed E-state index contributed by atoms with van der Waals surface area (Å²) < 4.78 is 20.4. The van der Waals surface area contributed by atoms with Crippen molar-refractivity contribution in [3.63, 3.8) is 0 Å². The number of nitrogen functional groups attached to an aromatic ring is 1. The molecule has 0 fully saturated rings. The Morgan fingerprint density at radius 3 is 2.57 bits per heavy atom. The van der Waals surface area contributed by atoms with Crippen molar-refractivity contribution in [2.75, 3.05) is 5.73 Å². The van der Waals surface area contributed by atoms with E-state index in [1.807, 2.05) is 22.6 Å². The molecule has 0 aromatic heterocycles. The van der Waals surface area contributed by atoms with Crippen molar-refractivity contribution in [1.29, 1.82) is 0 Å². The molecule has 0 aliphatic carbocycles. The summed E-state index contributed by atoms with van der Waals surface area (Å²) in [5.41, 5.74) is 6.16. The first-order chi connectivity index (χ1) is 6.43. The second-order valence-electron chi connectivity index (χ2n) is 2.68. The highest BCUT2D eigenvalue weighted by atomic mass is 127. The summed E-state index contributed by atoms with van der Waals surface area (Å²) in [6, 6.07) is 2.87. The van der Waals surface area contributed by atoms with Gasteiger partial charge in [0.15, 0.2) is 16.9 Å². The molecule has 76 valence electrons. The van der Waals surface area contributed by atoms with Gasteiger partial charge in [0, 0.05) is 9.13 Å². The van der Waals surface area contributed by atoms with Crippen LogP contribution in [0.1, 0.15) is 17.3 Å². The summed E-state index contributed by atoms with van der Waals surface area (Å²) in [5.74, 6) is -0.152. The standard InChI is InChI=1S/C8H8INO3S/c1-4(11)5-2-8(14(12)13)7(10)3-6(5)9/h2-3H,10H2,1H3,(H,12,13). The lowest BCUT2D eigenvalue weighted by Crippen LogP contribution is -2.03. The number of Topliss-reactive ketones (excluding diaryl/α,β-unsaturated/α-hetero) is 1. The summed E-state index contributed by atoms with van der Waals surface area (Å²) in [7, 11) is 0. The average molecular weight is 325 g/mol. The monoisotopic (exact) mass is 325 g/mol. The van der Waals surface area contributed by atoms with Gasteiger partial charge in [-0.3, -0.25) is 4.79 Å². The largest absolute Gasteiger partial charge is 0.398 e. The predicted octanol–water partition coefficient (Wildman–Crippen LogP) is 1.66. The molecule has 0 saturated carbocycles. The molecule has 0 radical (unpaired) electrons. The molecule has 1 aromatic carbocycles. The van der Waals surface area contributed by atoms with Gasteiger partial charge in [0.05, 0.1) is 10.6 Å². The molecule has 6 heteroatoms. The van der Waals surface area contributed by atoms with E-state index in [0.29, 0.717) is 9.13 Å². The van der Waals surface area contributed by atoms with Crippen LogP contribution in [0, 0.1) is 3.57 Å². The lowest BCUT2D eigenvalue weighted by atomic mass is 10.1. The Balaban J connectivity index is 3.42. The topological polar surface area (TPSA) is 80.4 Å². The third-order valence-corrected chi connectivity index (χ3v) is 3.29. The molecule has 4 nitrogen and oxygen atoms in total. The Morgan fingerprint density at radius 1 is 1.57 bits per heavy atom. The van der Waals surface area contributed by atoms with Crippen LogP contribution < -0.4 is 5.73 Å². The maximum atomic E-state index is 11.1. The van der Waals surface area contributed by atoms with E-state index < -0.39 is 11.1 Å². The van der Waals surface area contributed by atoms with Crippen LogP contribution in [0.15, 0.2) is 17.0 Å². The first-order valence-corrected chi connectivity index (χ1v) is 5.83. The van der Waals surface area contributed by atoms with Crippen molar-refractivity contribution in [3.8, 4) is 0 Å². The smallest absolute Gasteiger partial charge is 0.188 e. The molecule has 1 unspecified atom stereocenters. The average Bonchev–Trinajstić information content (AvgIpc) is 2.02. The molecule has 1 atom stereocenters. The molecule has 0 saturated heterocycles. The van der Waals surface area contributed by atoms with Crippen molar-refractivity contribution in [1.82, 2.24) is 0 Å². The van der Waals surface area contributed by atoms with E-state index in [1.165, 1.54) is 19.1 Å². The molecule has 0 aliphatic heterocycles. The number of ketones is 1. The predicted molar refractivity (Wildman–Crippen MR) is 62.6 cm³/mol. The lowest BCUT2D eigenvalue weighted by Gasteiger charge is -2.05. The van der Waals surface area contributed by atoms with E-state index in [2.05, 4.69) is 0 Å². The number of carbonyl (C=O) groups excluding carboxylic acids is 1. The van der Waals surface area contributed by atoms with Crippen LogP contribution >= 0.6 is 22.6 Å². The van der Waals surface area contributed by atoms with Gasteiger partial charge in [0.25, 0.3) is 0 Å². The Bertz CT molecular complexity index is 384. The molecule has 0 amide bonds. The van der Waals surface area contributed by atoms with Crippen molar-refractivity contribution < 1.29 is 13.6 Å². The maximum Gasteiger partial charge on any atom is 0.188 e. The second kappa shape index (κ2) is 4.37. The van der Waals surface area contributed by atoms with Gasteiger partial charge in [0.2, 0.25) is 0 Å². The first-order valence-electron chi connectivity index (χ1n) is 3.64. The fraction of sp³-hybridized carbons (Fsp3) is 0.125. The van der Waals surface area contributed by atoms with Crippen LogP contribution in [0.3, 0.4) is 0 Å². The molecule has 0 bridgehead atoms. The summed E-state index contributed by atoms with van der Waals surface area (Å²) in [6.45, 7) is 1.40. The number of hydrogen-bond acceptors (Lipinski definition) is 3. The fourth-order valence-corrected chi connectivity index (χ4v) is 2.34. The molecule has 1 aromatic rings. The van der Waals surface area contributed by atoms with Crippen LogP contribution in [0.5, 0.6) is 0 Å². The van der Waals surface area contributed by atoms with Crippen molar-refractivity contribution in [3.05, 3.63) is 21.3 Å². The van der Waals surface area contributed by atoms with Gasteiger partial charge in [-0.2, -0.15) is 0 Å². The second-order valence-corrected chi connectivity index (χ2v) is 4.78. The highest BCUT2D eigenvalue weighted by molar-refractivity contribution is 14.1. The number of hydrogen-bond donors (Lipinski definition) is 2. The molecule has 0 heterocycles. The molecule has 14 heavy (non-hydrogen) atoms. The quantitative estimate of drug-likeness (QED) is 0.375. The summed E-state index contributed by atoms with van der Waals surface area (Å²) >= 11 is -0.196.